The van der Waals surface area contributed by atoms with E-state index >= 15 is 0 Å². The first kappa shape index (κ1) is 20.3. The molecule has 0 atom stereocenters. The molecule has 3 aromatic heterocycles. The first-order valence-corrected chi connectivity index (χ1v) is 10.4. The number of anilines is 2. The molecule has 0 fully saturated rings. The summed E-state index contributed by atoms with van der Waals surface area (Å²) >= 11 is 1.57. The molecular formula is C21H17N7O3S. The van der Waals surface area contributed by atoms with Gasteiger partial charge >= 0.3 is 0 Å². The Bertz CT molecular complexity index is 1370. The second-order valence-corrected chi connectivity index (χ2v) is 8.16. The maximum atomic E-state index is 9.96. The molecule has 0 spiro atoms. The molecule has 0 saturated heterocycles. The van der Waals surface area contributed by atoms with Gasteiger partial charge in [0.15, 0.2) is 17.1 Å². The number of nitrogens with one attached hydrogen (secondary N) is 1. The molecule has 1 aliphatic rings. The minimum Gasteiger partial charge on any atom is -0.392 e. The highest BCUT2D eigenvalue weighted by Crippen LogP contribution is 2.42. The molecule has 160 valence electrons. The number of hydrogen-bond acceptors (Lipinski definition) is 10. The van der Waals surface area contributed by atoms with E-state index in [-0.39, 0.29) is 0 Å². The lowest BCUT2D eigenvalue weighted by Gasteiger charge is -2.19. The van der Waals surface area contributed by atoms with Crippen molar-refractivity contribution in [1.82, 2.24) is 29.5 Å². The number of rotatable bonds is 4. The van der Waals surface area contributed by atoms with Crippen LogP contribution >= 0.6 is 11.8 Å². The second kappa shape index (κ2) is 8.18. The predicted octanol–water partition coefficient (Wildman–Crippen LogP) is 0.940. The summed E-state index contributed by atoms with van der Waals surface area (Å²) in [6, 6.07) is 6.12. The van der Waals surface area contributed by atoms with E-state index in [2.05, 4.69) is 48.1 Å². The monoisotopic (exact) mass is 447 g/mol. The van der Waals surface area contributed by atoms with E-state index in [1.54, 1.807) is 30.5 Å². The van der Waals surface area contributed by atoms with E-state index in [1.165, 1.54) is 6.33 Å². The van der Waals surface area contributed by atoms with Crippen molar-refractivity contribution >= 4 is 34.4 Å². The molecule has 0 aliphatic carbocycles. The van der Waals surface area contributed by atoms with Crippen LogP contribution in [0.4, 0.5) is 11.5 Å². The molecule has 0 unspecified atom stereocenters. The molecular weight excluding hydrogens is 430 g/mol. The number of nitrogens with zero attached hydrogens (tertiary/aromatic N) is 6. The van der Waals surface area contributed by atoms with Crippen molar-refractivity contribution in [2.75, 3.05) is 18.5 Å². The summed E-state index contributed by atoms with van der Waals surface area (Å²) in [5.41, 5.74) is 1.43. The predicted molar refractivity (Wildman–Crippen MR) is 116 cm³/mol. The molecule has 1 aliphatic heterocycles. The van der Waals surface area contributed by atoms with Gasteiger partial charge in [0, 0.05) is 17.3 Å². The van der Waals surface area contributed by atoms with Crippen molar-refractivity contribution in [2.45, 2.75) is 22.1 Å². The van der Waals surface area contributed by atoms with Crippen molar-refractivity contribution in [3.8, 4) is 11.8 Å². The second-order valence-electron chi connectivity index (χ2n) is 7.13. The fourth-order valence-corrected chi connectivity index (χ4v) is 4.05. The van der Waals surface area contributed by atoms with Crippen molar-refractivity contribution in [3.05, 3.63) is 54.5 Å². The average molecular weight is 447 g/mol. The van der Waals surface area contributed by atoms with Gasteiger partial charge in [-0.1, -0.05) is 23.7 Å². The van der Waals surface area contributed by atoms with Crippen LogP contribution in [-0.2, 0) is 6.54 Å². The van der Waals surface area contributed by atoms with Gasteiger partial charge in [0.1, 0.15) is 22.6 Å². The van der Waals surface area contributed by atoms with Gasteiger partial charge < -0.3 is 25.2 Å². The maximum absolute atomic E-state index is 9.96. The molecule has 0 amide bonds. The molecule has 0 bridgehead atoms. The number of hydrogen-bond donors (Lipinski definition) is 4. The number of imidazole rings is 1. The standard InChI is InChI=1S/C21H17N7O3S/c29-9-21(31,10-30)4-3-14-17-19(25-11-24-14)28(12-26-17)8-13-1-2-16-15(7-13)27-18-20(32-16)23-6-5-22-18/h1-2,5-7,11-12,29-31H,8-10H2,(H,22,27). The molecule has 4 aromatic rings. The van der Waals surface area contributed by atoms with Gasteiger partial charge in [0.2, 0.25) is 0 Å². The van der Waals surface area contributed by atoms with Gasteiger partial charge in [0.05, 0.1) is 31.8 Å². The Morgan fingerprint density at radius 3 is 2.75 bits per heavy atom. The Hall–Kier alpha value is -3.56. The van der Waals surface area contributed by atoms with Gasteiger partial charge in [-0.2, -0.15) is 0 Å². The molecule has 10 nitrogen and oxygen atoms in total. The molecule has 0 radical (unpaired) electrons. The third-order valence-corrected chi connectivity index (χ3v) is 5.93. The van der Waals surface area contributed by atoms with E-state index in [9.17, 15) is 15.3 Å². The molecule has 11 heteroatoms. The third-order valence-electron chi connectivity index (χ3n) is 4.86. The van der Waals surface area contributed by atoms with Crippen LogP contribution < -0.4 is 5.32 Å². The highest BCUT2D eigenvalue weighted by atomic mass is 32.2. The topological polar surface area (TPSA) is 142 Å². The fraction of sp³-hybridized carbons (Fsp3) is 0.190. The Morgan fingerprint density at radius 1 is 1.06 bits per heavy atom. The Kier molecular flexibility index (Phi) is 5.20. The zero-order valence-electron chi connectivity index (χ0n) is 16.6. The highest BCUT2D eigenvalue weighted by Gasteiger charge is 2.22. The number of aliphatic hydroxyl groups excluding tert-OH is 2. The summed E-state index contributed by atoms with van der Waals surface area (Å²) in [5, 5.41) is 32.5. The van der Waals surface area contributed by atoms with Crippen LogP contribution in [0.1, 0.15) is 11.3 Å². The van der Waals surface area contributed by atoms with Crippen molar-refractivity contribution in [1.29, 1.82) is 0 Å². The summed E-state index contributed by atoms with van der Waals surface area (Å²) in [5.74, 6) is 5.87. The largest absolute Gasteiger partial charge is 0.392 e. The van der Waals surface area contributed by atoms with E-state index in [1.807, 2.05) is 16.7 Å². The lowest BCUT2D eigenvalue weighted by molar-refractivity contribution is -0.00938. The summed E-state index contributed by atoms with van der Waals surface area (Å²) in [6.07, 6.45) is 6.34. The Morgan fingerprint density at radius 2 is 1.91 bits per heavy atom. The Labute approximate surface area is 186 Å². The lowest BCUT2D eigenvalue weighted by Crippen LogP contribution is -2.35. The lowest BCUT2D eigenvalue weighted by atomic mass is 10.1. The van der Waals surface area contributed by atoms with Crippen LogP contribution in [0.5, 0.6) is 0 Å². The normalized spacial score (nSPS) is 12.5. The van der Waals surface area contributed by atoms with Gasteiger partial charge in [-0.25, -0.2) is 24.9 Å². The van der Waals surface area contributed by atoms with Gasteiger partial charge in [-0.15, -0.1) is 0 Å². The summed E-state index contributed by atoms with van der Waals surface area (Å²) in [4.78, 5) is 22.6. The first-order chi connectivity index (χ1) is 15.6. The van der Waals surface area contributed by atoms with E-state index in [0.717, 1.165) is 27.0 Å². The molecule has 1 aromatic carbocycles. The van der Waals surface area contributed by atoms with Crippen LogP contribution in [0, 0.1) is 11.8 Å². The van der Waals surface area contributed by atoms with Crippen LogP contribution in [0.25, 0.3) is 11.2 Å². The zero-order chi connectivity index (χ0) is 22.1. The number of aromatic nitrogens is 6. The van der Waals surface area contributed by atoms with E-state index in [4.69, 9.17) is 0 Å². The molecule has 4 N–H and O–H groups in total. The quantitative estimate of drug-likeness (QED) is 0.294. The first-order valence-electron chi connectivity index (χ1n) is 9.60. The van der Waals surface area contributed by atoms with Crippen LogP contribution in [0.3, 0.4) is 0 Å². The number of aliphatic hydroxyl groups is 3. The van der Waals surface area contributed by atoms with Crippen molar-refractivity contribution in [2.24, 2.45) is 0 Å². The smallest absolute Gasteiger partial charge is 0.171 e. The highest BCUT2D eigenvalue weighted by molar-refractivity contribution is 7.99. The van der Waals surface area contributed by atoms with Crippen molar-refractivity contribution in [3.63, 3.8) is 0 Å². The third kappa shape index (κ3) is 3.76. The van der Waals surface area contributed by atoms with Gasteiger partial charge in [-0.05, 0) is 23.6 Å². The van der Waals surface area contributed by atoms with Crippen molar-refractivity contribution < 1.29 is 15.3 Å². The molecule has 32 heavy (non-hydrogen) atoms. The molecule has 5 rings (SSSR count). The number of benzene rings is 1. The van der Waals surface area contributed by atoms with Crippen LogP contribution in [0.15, 0.2) is 53.2 Å². The minimum absolute atomic E-state index is 0.299. The summed E-state index contributed by atoms with van der Waals surface area (Å²) < 4.78 is 1.87. The van der Waals surface area contributed by atoms with Crippen LogP contribution in [-0.4, -0.2) is 63.6 Å². The van der Waals surface area contributed by atoms with Crippen LogP contribution in [0.2, 0.25) is 0 Å². The van der Waals surface area contributed by atoms with E-state index in [0.29, 0.717) is 23.4 Å². The molecule has 4 heterocycles. The zero-order valence-corrected chi connectivity index (χ0v) is 17.4. The Balaban J connectivity index is 1.43. The average Bonchev–Trinajstić information content (AvgIpc) is 3.24. The fourth-order valence-electron chi connectivity index (χ4n) is 3.17. The van der Waals surface area contributed by atoms with Gasteiger partial charge in [0.25, 0.3) is 0 Å². The number of fused-ring (bicyclic) bond motifs is 3. The molecule has 0 saturated carbocycles. The summed E-state index contributed by atoms with van der Waals surface area (Å²) in [6.45, 7) is -0.871. The summed E-state index contributed by atoms with van der Waals surface area (Å²) in [7, 11) is 0. The maximum Gasteiger partial charge on any atom is 0.171 e. The van der Waals surface area contributed by atoms with Gasteiger partial charge in [-0.3, -0.25) is 0 Å². The SMILES string of the molecule is OCC(O)(C#Cc1ncnc2c1ncn2Cc1ccc2c(c1)Nc1nccnc1S2)CO. The van der Waals surface area contributed by atoms with E-state index < -0.39 is 18.8 Å². The minimum atomic E-state index is -1.91.